The van der Waals surface area contributed by atoms with Crippen LogP contribution in [0.5, 0.6) is 0 Å². The molecule has 0 spiro atoms. The van der Waals surface area contributed by atoms with Gasteiger partial charge in [-0.2, -0.15) is 0 Å². The van der Waals surface area contributed by atoms with Gasteiger partial charge in [-0.1, -0.05) is 47.0 Å². The molecule has 1 nitrogen and oxygen atoms in total. The lowest BCUT2D eigenvalue weighted by Gasteiger charge is -2.39. The van der Waals surface area contributed by atoms with Crippen LogP contribution in [0.2, 0.25) is 0 Å². The molecule has 1 rings (SSSR count). The summed E-state index contributed by atoms with van der Waals surface area (Å²) in [5.74, 6) is 1.51. The van der Waals surface area contributed by atoms with Crippen molar-refractivity contribution in [1.82, 2.24) is 0 Å². The molecule has 1 saturated carbocycles. The Morgan fingerprint density at radius 2 is 1.53 bits per heavy atom. The normalized spacial score (nSPS) is 24.4. The van der Waals surface area contributed by atoms with Crippen LogP contribution in [0.25, 0.3) is 0 Å². The van der Waals surface area contributed by atoms with Crippen LogP contribution in [0.1, 0.15) is 79.6 Å². The van der Waals surface area contributed by atoms with Crippen LogP contribution in [0.4, 0.5) is 0 Å². The monoisotopic (exact) mass is 239 g/mol. The standard InChI is InChI=1S/C16H33N/c1-13(11-15(2,3)4)12-16(5,17)14-9-7-6-8-10-14/h13-14H,6-12,17H2,1-5H3. The molecule has 0 aromatic rings. The van der Waals surface area contributed by atoms with Crippen molar-refractivity contribution < 1.29 is 0 Å². The second-order valence-electron chi connectivity index (χ2n) is 7.91. The first kappa shape index (κ1) is 15.0. The average molecular weight is 239 g/mol. The van der Waals surface area contributed by atoms with E-state index in [1.54, 1.807) is 0 Å². The third-order valence-electron chi connectivity index (χ3n) is 4.29. The molecule has 0 heterocycles. The van der Waals surface area contributed by atoms with Crippen molar-refractivity contribution in [2.75, 3.05) is 0 Å². The van der Waals surface area contributed by atoms with Crippen molar-refractivity contribution in [2.24, 2.45) is 23.0 Å². The molecule has 1 heteroatoms. The number of nitrogens with two attached hydrogens (primary N) is 1. The zero-order valence-corrected chi connectivity index (χ0v) is 12.7. The Morgan fingerprint density at radius 1 is 1.00 bits per heavy atom. The minimum atomic E-state index is 0.0606. The summed E-state index contributed by atoms with van der Waals surface area (Å²) in [5.41, 5.74) is 7.10. The van der Waals surface area contributed by atoms with E-state index in [4.69, 9.17) is 5.73 Å². The number of hydrogen-bond donors (Lipinski definition) is 1. The van der Waals surface area contributed by atoms with Gasteiger partial charge < -0.3 is 5.73 Å². The minimum absolute atomic E-state index is 0.0606. The molecule has 0 aromatic heterocycles. The van der Waals surface area contributed by atoms with E-state index in [0.29, 0.717) is 5.41 Å². The second kappa shape index (κ2) is 5.73. The molecule has 2 N–H and O–H groups in total. The zero-order chi connectivity index (χ0) is 13.1. The van der Waals surface area contributed by atoms with E-state index in [1.165, 1.54) is 44.9 Å². The van der Waals surface area contributed by atoms with E-state index in [1.807, 2.05) is 0 Å². The smallest absolute Gasteiger partial charge is 0.0156 e. The van der Waals surface area contributed by atoms with Crippen LogP contribution in [0.15, 0.2) is 0 Å². The lowest BCUT2D eigenvalue weighted by Crippen LogP contribution is -2.46. The highest BCUT2D eigenvalue weighted by molar-refractivity contribution is 4.90. The van der Waals surface area contributed by atoms with Gasteiger partial charge >= 0.3 is 0 Å². The molecule has 0 amide bonds. The predicted molar refractivity (Wildman–Crippen MR) is 77.0 cm³/mol. The summed E-state index contributed by atoms with van der Waals surface area (Å²) >= 11 is 0. The summed E-state index contributed by atoms with van der Waals surface area (Å²) < 4.78 is 0. The Labute approximate surface area is 109 Å². The maximum absolute atomic E-state index is 6.61. The van der Waals surface area contributed by atoms with Gasteiger partial charge in [0.2, 0.25) is 0 Å². The fourth-order valence-corrected chi connectivity index (χ4v) is 3.80. The molecule has 0 aromatic carbocycles. The fourth-order valence-electron chi connectivity index (χ4n) is 3.80. The fraction of sp³-hybridized carbons (Fsp3) is 1.00. The maximum Gasteiger partial charge on any atom is 0.0156 e. The first-order chi connectivity index (χ1) is 7.71. The second-order valence-corrected chi connectivity index (χ2v) is 7.91. The molecule has 0 aliphatic heterocycles. The molecule has 2 unspecified atom stereocenters. The van der Waals surface area contributed by atoms with Crippen LogP contribution in [0, 0.1) is 17.3 Å². The van der Waals surface area contributed by atoms with Crippen molar-refractivity contribution in [2.45, 2.75) is 85.1 Å². The number of hydrogen-bond acceptors (Lipinski definition) is 1. The molecule has 1 aliphatic rings. The molecular weight excluding hydrogens is 206 g/mol. The molecule has 0 radical (unpaired) electrons. The lowest BCUT2D eigenvalue weighted by molar-refractivity contribution is 0.170. The summed E-state index contributed by atoms with van der Waals surface area (Å²) in [4.78, 5) is 0. The highest BCUT2D eigenvalue weighted by atomic mass is 14.7. The van der Waals surface area contributed by atoms with Crippen molar-refractivity contribution >= 4 is 0 Å². The highest BCUT2D eigenvalue weighted by Gasteiger charge is 2.33. The molecule has 2 atom stereocenters. The third kappa shape index (κ3) is 5.42. The van der Waals surface area contributed by atoms with E-state index in [9.17, 15) is 0 Å². The van der Waals surface area contributed by atoms with Crippen LogP contribution in [0.3, 0.4) is 0 Å². The summed E-state index contributed by atoms with van der Waals surface area (Å²) in [7, 11) is 0. The Morgan fingerprint density at radius 3 is 2.00 bits per heavy atom. The molecular formula is C16H33N. The Hall–Kier alpha value is -0.0400. The molecule has 102 valence electrons. The Bertz CT molecular complexity index is 218. The van der Waals surface area contributed by atoms with Crippen LogP contribution >= 0.6 is 0 Å². The Kier molecular flexibility index (Phi) is 5.07. The van der Waals surface area contributed by atoms with E-state index < -0.39 is 0 Å². The van der Waals surface area contributed by atoms with Gasteiger partial charge in [0.15, 0.2) is 0 Å². The molecule has 0 bridgehead atoms. The van der Waals surface area contributed by atoms with Crippen molar-refractivity contribution in [3.05, 3.63) is 0 Å². The zero-order valence-electron chi connectivity index (χ0n) is 12.7. The molecule has 17 heavy (non-hydrogen) atoms. The lowest BCUT2D eigenvalue weighted by atomic mass is 9.70. The van der Waals surface area contributed by atoms with Crippen molar-refractivity contribution in [3.63, 3.8) is 0 Å². The van der Waals surface area contributed by atoms with Gasteiger partial charge in [0.1, 0.15) is 0 Å². The van der Waals surface area contributed by atoms with Crippen LogP contribution < -0.4 is 5.73 Å². The van der Waals surface area contributed by atoms with Gasteiger partial charge in [-0.05, 0) is 49.9 Å². The van der Waals surface area contributed by atoms with E-state index in [2.05, 4.69) is 34.6 Å². The summed E-state index contributed by atoms with van der Waals surface area (Å²) in [6.07, 6.45) is 9.40. The van der Waals surface area contributed by atoms with Crippen molar-refractivity contribution in [1.29, 1.82) is 0 Å². The van der Waals surface area contributed by atoms with E-state index >= 15 is 0 Å². The quantitative estimate of drug-likeness (QED) is 0.753. The summed E-state index contributed by atoms with van der Waals surface area (Å²) in [6.45, 7) is 11.7. The average Bonchev–Trinajstić information content (AvgIpc) is 2.15. The predicted octanol–water partition coefficient (Wildman–Crippen LogP) is 4.75. The number of rotatable bonds is 4. The van der Waals surface area contributed by atoms with Gasteiger partial charge in [-0.15, -0.1) is 0 Å². The van der Waals surface area contributed by atoms with Gasteiger partial charge in [0.25, 0.3) is 0 Å². The minimum Gasteiger partial charge on any atom is -0.325 e. The first-order valence-electron chi connectivity index (χ1n) is 7.49. The van der Waals surface area contributed by atoms with E-state index in [0.717, 1.165) is 11.8 Å². The van der Waals surface area contributed by atoms with Crippen molar-refractivity contribution in [3.8, 4) is 0 Å². The van der Waals surface area contributed by atoms with Crippen LogP contribution in [-0.4, -0.2) is 5.54 Å². The molecule has 1 aliphatic carbocycles. The SMILES string of the molecule is CC(CC(C)(C)C)CC(C)(N)C1CCCCC1. The van der Waals surface area contributed by atoms with Gasteiger partial charge in [0.05, 0.1) is 0 Å². The Balaban J connectivity index is 2.47. The highest BCUT2D eigenvalue weighted by Crippen LogP contribution is 2.37. The van der Waals surface area contributed by atoms with Gasteiger partial charge in [-0.25, -0.2) is 0 Å². The molecule has 1 fully saturated rings. The third-order valence-corrected chi connectivity index (χ3v) is 4.29. The largest absolute Gasteiger partial charge is 0.325 e. The van der Waals surface area contributed by atoms with Gasteiger partial charge in [0, 0.05) is 5.54 Å². The topological polar surface area (TPSA) is 26.0 Å². The van der Waals surface area contributed by atoms with Crippen LogP contribution in [-0.2, 0) is 0 Å². The maximum atomic E-state index is 6.61. The van der Waals surface area contributed by atoms with E-state index in [-0.39, 0.29) is 5.54 Å². The summed E-state index contributed by atoms with van der Waals surface area (Å²) in [5, 5.41) is 0. The van der Waals surface area contributed by atoms with Gasteiger partial charge in [-0.3, -0.25) is 0 Å². The first-order valence-corrected chi connectivity index (χ1v) is 7.49. The molecule has 0 saturated heterocycles. The summed E-state index contributed by atoms with van der Waals surface area (Å²) in [6, 6.07) is 0.